The Morgan fingerprint density at radius 2 is 1.45 bits per heavy atom. The van der Waals surface area contributed by atoms with Gasteiger partial charge in [0.25, 0.3) is 0 Å². The number of carbonyl (C=O) groups excluding carboxylic acids is 2. The van der Waals surface area contributed by atoms with Gasteiger partial charge >= 0.3 is 12.4 Å². The molecule has 0 fully saturated rings. The Kier molecular flexibility index (Phi) is 7.83. The molecule has 0 saturated carbocycles. The number of methoxy groups -OCH3 is 1. The molecule has 29 heavy (non-hydrogen) atoms. The fourth-order valence-electron chi connectivity index (χ4n) is 2.58. The molecule has 0 saturated heterocycles. The molecular weight excluding hydrogens is 406 g/mol. The van der Waals surface area contributed by atoms with Crippen molar-refractivity contribution in [3.8, 4) is 0 Å². The molecule has 0 unspecified atom stereocenters. The molecule has 0 aromatic heterocycles. The Labute approximate surface area is 163 Å². The highest BCUT2D eigenvalue weighted by molar-refractivity contribution is 5.88. The van der Waals surface area contributed by atoms with E-state index in [9.17, 15) is 35.9 Å². The van der Waals surface area contributed by atoms with Crippen molar-refractivity contribution in [3.63, 3.8) is 0 Å². The summed E-state index contributed by atoms with van der Waals surface area (Å²) in [4.78, 5) is 23.8. The second-order valence-electron chi connectivity index (χ2n) is 7.17. The maximum absolute atomic E-state index is 13.0. The highest BCUT2D eigenvalue weighted by Crippen LogP contribution is 2.39. The molecule has 0 radical (unpaired) electrons. The number of hydrogen-bond acceptors (Lipinski definition) is 4. The number of carbonyl (C=O) groups is 2. The zero-order valence-electron chi connectivity index (χ0n) is 16.0. The molecule has 0 aliphatic heterocycles. The van der Waals surface area contributed by atoms with Crippen LogP contribution in [0.4, 0.5) is 26.3 Å². The van der Waals surface area contributed by atoms with Gasteiger partial charge in [0.1, 0.15) is 6.04 Å². The summed E-state index contributed by atoms with van der Waals surface area (Å²) in [6.07, 6.45) is -10.4. The molecule has 164 valence electrons. The molecule has 1 atom stereocenters. The van der Waals surface area contributed by atoms with Gasteiger partial charge in [-0.1, -0.05) is 13.8 Å². The van der Waals surface area contributed by atoms with E-state index >= 15 is 0 Å². The second-order valence-corrected chi connectivity index (χ2v) is 7.17. The maximum atomic E-state index is 13.0. The van der Waals surface area contributed by atoms with Gasteiger partial charge in [-0.05, 0) is 29.2 Å². The highest BCUT2D eigenvalue weighted by Gasteiger charge is 2.38. The first-order chi connectivity index (χ1) is 13.1. The smallest absolute Gasteiger partial charge is 0.383 e. The normalized spacial score (nSPS) is 13.9. The average molecular weight is 428 g/mol. The molecule has 5 nitrogen and oxygen atoms in total. The predicted molar refractivity (Wildman–Crippen MR) is 92.0 cm³/mol. The Morgan fingerprint density at radius 1 is 1.00 bits per heavy atom. The van der Waals surface area contributed by atoms with Gasteiger partial charge in [0.2, 0.25) is 5.91 Å². The van der Waals surface area contributed by atoms with Crippen LogP contribution in [-0.2, 0) is 32.1 Å². The summed E-state index contributed by atoms with van der Waals surface area (Å²) in [5.41, 5.74) is 0.927. The molecular formula is C18H22F6N2O3. The van der Waals surface area contributed by atoms with Crippen LogP contribution in [0.5, 0.6) is 0 Å². The number of ether oxygens (including phenoxy) is 1. The first kappa shape index (κ1) is 24.9. The maximum Gasteiger partial charge on any atom is 0.416 e. The summed E-state index contributed by atoms with van der Waals surface area (Å²) in [6.45, 7) is 2.14. The van der Waals surface area contributed by atoms with Gasteiger partial charge in [-0.15, -0.1) is 0 Å². The molecule has 0 aliphatic carbocycles. The van der Waals surface area contributed by atoms with Crippen LogP contribution in [0.3, 0.4) is 0 Å². The molecule has 1 amide bonds. The minimum Gasteiger partial charge on any atom is -0.383 e. The SMILES string of the molecule is COC[C@@H](N)C(=O)NCC(=O)CC(C)(C)c1cc(C(F)(F)F)cc(C(F)(F)F)c1. The van der Waals surface area contributed by atoms with Crippen LogP contribution < -0.4 is 11.1 Å². The number of amides is 1. The number of hydrogen-bond donors (Lipinski definition) is 2. The summed E-state index contributed by atoms with van der Waals surface area (Å²) < 4.78 is 82.9. The fourth-order valence-corrected chi connectivity index (χ4v) is 2.58. The van der Waals surface area contributed by atoms with Crippen molar-refractivity contribution in [2.45, 2.75) is 44.1 Å². The van der Waals surface area contributed by atoms with Gasteiger partial charge < -0.3 is 15.8 Å². The third-order valence-corrected chi connectivity index (χ3v) is 4.15. The minimum absolute atomic E-state index is 0.0266. The van der Waals surface area contributed by atoms with Crippen LogP contribution >= 0.6 is 0 Å². The molecule has 1 rings (SSSR count). The standard InChI is InChI=1S/C18H22F6N2O3/c1-16(2,7-13(27)8-26-15(28)14(25)9-29-3)10-4-11(17(19,20)21)6-12(5-10)18(22,23)24/h4-6,14H,7-9,25H2,1-3H3,(H,26,28)/t14-/m1/s1. The molecule has 1 aromatic rings. The number of ketones is 1. The minimum atomic E-state index is -4.98. The van der Waals surface area contributed by atoms with Crippen molar-refractivity contribution < 1.29 is 40.7 Å². The molecule has 1 aromatic carbocycles. The van der Waals surface area contributed by atoms with E-state index in [1.54, 1.807) is 0 Å². The summed E-state index contributed by atoms with van der Waals surface area (Å²) in [5.74, 6) is -1.25. The number of rotatable bonds is 8. The molecule has 3 N–H and O–H groups in total. The first-order valence-electron chi connectivity index (χ1n) is 8.42. The largest absolute Gasteiger partial charge is 0.416 e. The monoisotopic (exact) mass is 428 g/mol. The predicted octanol–water partition coefficient (Wildman–Crippen LogP) is 3.05. The lowest BCUT2D eigenvalue weighted by molar-refractivity contribution is -0.143. The number of nitrogens with two attached hydrogens (primary N) is 1. The summed E-state index contributed by atoms with van der Waals surface area (Å²) in [5, 5.41) is 2.26. The number of alkyl halides is 6. The van der Waals surface area contributed by atoms with Gasteiger partial charge in [-0.25, -0.2) is 0 Å². The van der Waals surface area contributed by atoms with Gasteiger partial charge in [-0.2, -0.15) is 26.3 Å². The molecule has 0 spiro atoms. The lowest BCUT2D eigenvalue weighted by atomic mass is 9.78. The zero-order chi connectivity index (χ0) is 22.6. The van der Waals surface area contributed by atoms with Crippen LogP contribution in [0.1, 0.15) is 37.0 Å². The molecule has 0 aliphatic rings. The topological polar surface area (TPSA) is 81.4 Å². The van der Waals surface area contributed by atoms with Crippen molar-refractivity contribution in [1.29, 1.82) is 0 Å². The average Bonchev–Trinajstić information content (AvgIpc) is 2.57. The van der Waals surface area contributed by atoms with Crippen LogP contribution in [-0.4, -0.2) is 38.0 Å². The van der Waals surface area contributed by atoms with Crippen LogP contribution in [0.2, 0.25) is 0 Å². The van der Waals surface area contributed by atoms with Crippen LogP contribution in [0.15, 0.2) is 18.2 Å². The summed E-state index contributed by atoms with van der Waals surface area (Å²) in [6, 6.07) is 0.197. The lowest BCUT2D eigenvalue weighted by Gasteiger charge is -2.27. The number of halogens is 6. The van der Waals surface area contributed by atoms with E-state index < -0.39 is 59.6 Å². The van der Waals surface area contributed by atoms with Crippen molar-refractivity contribution in [2.24, 2.45) is 5.73 Å². The fraction of sp³-hybridized carbons (Fsp3) is 0.556. The van der Waals surface area contributed by atoms with Gasteiger partial charge in [0, 0.05) is 13.5 Å². The third-order valence-electron chi connectivity index (χ3n) is 4.15. The van der Waals surface area contributed by atoms with E-state index in [1.165, 1.54) is 21.0 Å². The first-order valence-corrected chi connectivity index (χ1v) is 8.42. The molecule has 0 bridgehead atoms. The second kappa shape index (κ2) is 9.12. The van der Waals surface area contributed by atoms with E-state index in [-0.39, 0.29) is 18.2 Å². The van der Waals surface area contributed by atoms with E-state index in [0.717, 1.165) is 0 Å². The van der Waals surface area contributed by atoms with Gasteiger partial charge in [0.05, 0.1) is 24.3 Å². The van der Waals surface area contributed by atoms with E-state index in [4.69, 9.17) is 10.5 Å². The van der Waals surface area contributed by atoms with E-state index in [2.05, 4.69) is 5.32 Å². The van der Waals surface area contributed by atoms with Crippen LogP contribution in [0, 0.1) is 0 Å². The quantitative estimate of drug-likeness (QED) is 0.624. The number of benzene rings is 1. The van der Waals surface area contributed by atoms with Crippen molar-refractivity contribution in [1.82, 2.24) is 5.32 Å². The summed E-state index contributed by atoms with van der Waals surface area (Å²) >= 11 is 0. The number of Topliss-reactive ketones (excluding diaryl/α,β-unsaturated/α-hetero) is 1. The zero-order valence-corrected chi connectivity index (χ0v) is 16.0. The van der Waals surface area contributed by atoms with Gasteiger partial charge in [0.15, 0.2) is 5.78 Å². The van der Waals surface area contributed by atoms with Crippen molar-refractivity contribution >= 4 is 11.7 Å². The Balaban J connectivity index is 3.03. The Hall–Kier alpha value is -2.14. The third kappa shape index (κ3) is 7.32. The van der Waals surface area contributed by atoms with Crippen molar-refractivity contribution in [3.05, 3.63) is 34.9 Å². The van der Waals surface area contributed by atoms with Crippen molar-refractivity contribution in [2.75, 3.05) is 20.3 Å². The van der Waals surface area contributed by atoms with E-state index in [1.807, 2.05) is 0 Å². The number of nitrogens with one attached hydrogen (secondary N) is 1. The van der Waals surface area contributed by atoms with Crippen LogP contribution in [0.25, 0.3) is 0 Å². The molecule has 0 heterocycles. The highest BCUT2D eigenvalue weighted by atomic mass is 19.4. The Bertz CT molecular complexity index is 712. The lowest BCUT2D eigenvalue weighted by Crippen LogP contribution is -2.45. The van der Waals surface area contributed by atoms with Gasteiger partial charge in [-0.3, -0.25) is 9.59 Å². The molecule has 11 heteroatoms. The summed E-state index contributed by atoms with van der Waals surface area (Å²) in [7, 11) is 1.32. The Morgan fingerprint density at radius 3 is 1.86 bits per heavy atom. The van der Waals surface area contributed by atoms with E-state index in [0.29, 0.717) is 12.1 Å².